The van der Waals surface area contributed by atoms with Crippen LogP contribution in [0.3, 0.4) is 0 Å². The summed E-state index contributed by atoms with van der Waals surface area (Å²) in [7, 11) is 6.56. The Kier molecular flexibility index (Phi) is 5.77. The van der Waals surface area contributed by atoms with Gasteiger partial charge in [0.1, 0.15) is 0 Å². The largest absolute Gasteiger partial charge is 0.309 e. The highest BCUT2D eigenvalue weighted by Crippen LogP contribution is 2.27. The lowest BCUT2D eigenvalue weighted by Crippen LogP contribution is -2.46. The van der Waals surface area contributed by atoms with E-state index in [1.54, 1.807) is 0 Å². The highest BCUT2D eigenvalue weighted by atomic mass is 15.2. The maximum Gasteiger partial charge on any atom is 0.00215 e. The Morgan fingerprint density at radius 1 is 1.12 bits per heavy atom. The van der Waals surface area contributed by atoms with E-state index in [4.69, 9.17) is 0 Å². The number of hydrogen-bond donors (Lipinski definition) is 0. The van der Waals surface area contributed by atoms with Crippen LogP contribution in [0.1, 0.15) is 33.1 Å². The number of likely N-dealkylation sites (tertiary alicyclic amines) is 1. The minimum atomic E-state index is 0.891. The summed E-state index contributed by atoms with van der Waals surface area (Å²) in [6, 6.07) is 0. The van der Waals surface area contributed by atoms with Gasteiger partial charge >= 0.3 is 0 Å². The van der Waals surface area contributed by atoms with Crippen LogP contribution in [-0.2, 0) is 0 Å². The summed E-state index contributed by atoms with van der Waals surface area (Å²) in [5.74, 6) is 2.80. The molecule has 1 fully saturated rings. The molecule has 1 aliphatic rings. The molecule has 1 rings (SSSR count). The molecule has 96 valence electrons. The minimum absolute atomic E-state index is 0.891. The molecule has 0 spiro atoms. The normalized spacial score (nSPS) is 22.1. The van der Waals surface area contributed by atoms with E-state index in [0.29, 0.717) is 0 Å². The smallest absolute Gasteiger partial charge is 0.00215 e. The zero-order valence-electron chi connectivity index (χ0n) is 11.9. The van der Waals surface area contributed by atoms with E-state index in [0.717, 1.165) is 17.8 Å². The van der Waals surface area contributed by atoms with Crippen LogP contribution in [0.2, 0.25) is 0 Å². The summed E-state index contributed by atoms with van der Waals surface area (Å²) in [5.41, 5.74) is 0. The SMILES string of the molecule is CC(CCC(C)C1CN(C)C1)CCN(C)C. The quantitative estimate of drug-likeness (QED) is 0.658. The Morgan fingerprint density at radius 2 is 1.75 bits per heavy atom. The van der Waals surface area contributed by atoms with Gasteiger partial charge in [-0.05, 0) is 51.9 Å². The second kappa shape index (κ2) is 6.61. The molecule has 1 heterocycles. The minimum Gasteiger partial charge on any atom is -0.309 e. The summed E-state index contributed by atoms with van der Waals surface area (Å²) in [5, 5.41) is 0. The molecule has 2 atom stereocenters. The third-order valence-corrected chi connectivity index (χ3v) is 4.08. The van der Waals surface area contributed by atoms with E-state index in [1.807, 2.05) is 0 Å². The van der Waals surface area contributed by atoms with E-state index in [1.165, 1.54) is 38.9 Å². The summed E-state index contributed by atoms with van der Waals surface area (Å²) in [6.07, 6.45) is 4.19. The van der Waals surface area contributed by atoms with Gasteiger partial charge in [0.15, 0.2) is 0 Å². The lowest BCUT2D eigenvalue weighted by molar-refractivity contribution is 0.0832. The summed E-state index contributed by atoms with van der Waals surface area (Å²) < 4.78 is 0. The summed E-state index contributed by atoms with van der Waals surface area (Å²) >= 11 is 0. The topological polar surface area (TPSA) is 6.48 Å². The Labute approximate surface area is 102 Å². The van der Waals surface area contributed by atoms with Crippen molar-refractivity contribution in [3.63, 3.8) is 0 Å². The van der Waals surface area contributed by atoms with Gasteiger partial charge < -0.3 is 9.80 Å². The lowest BCUT2D eigenvalue weighted by Gasteiger charge is -2.40. The lowest BCUT2D eigenvalue weighted by atomic mass is 9.82. The number of rotatable bonds is 7. The predicted molar refractivity (Wildman–Crippen MR) is 71.7 cm³/mol. The van der Waals surface area contributed by atoms with E-state index in [2.05, 4.69) is 44.8 Å². The summed E-state index contributed by atoms with van der Waals surface area (Å²) in [4.78, 5) is 4.72. The molecular weight excluding hydrogens is 196 g/mol. The van der Waals surface area contributed by atoms with Crippen LogP contribution in [0.5, 0.6) is 0 Å². The first-order valence-electron chi connectivity index (χ1n) is 6.82. The highest BCUT2D eigenvalue weighted by molar-refractivity contribution is 4.81. The average Bonchev–Trinajstić information content (AvgIpc) is 2.18. The molecule has 2 unspecified atom stereocenters. The fraction of sp³-hybridized carbons (Fsp3) is 1.00. The Morgan fingerprint density at radius 3 is 2.25 bits per heavy atom. The van der Waals surface area contributed by atoms with Crippen LogP contribution in [0.25, 0.3) is 0 Å². The second-order valence-corrected chi connectivity index (χ2v) is 6.23. The van der Waals surface area contributed by atoms with E-state index >= 15 is 0 Å². The molecule has 1 aliphatic heterocycles. The maximum atomic E-state index is 2.44. The van der Waals surface area contributed by atoms with Crippen molar-refractivity contribution in [2.75, 3.05) is 40.8 Å². The van der Waals surface area contributed by atoms with Crippen LogP contribution in [0, 0.1) is 17.8 Å². The number of hydrogen-bond acceptors (Lipinski definition) is 2. The van der Waals surface area contributed by atoms with Crippen LogP contribution in [0.15, 0.2) is 0 Å². The predicted octanol–water partition coefficient (Wildman–Crippen LogP) is 2.55. The van der Waals surface area contributed by atoms with Crippen molar-refractivity contribution in [2.24, 2.45) is 17.8 Å². The average molecular weight is 226 g/mol. The van der Waals surface area contributed by atoms with Crippen molar-refractivity contribution in [2.45, 2.75) is 33.1 Å². The van der Waals surface area contributed by atoms with Crippen molar-refractivity contribution in [3.05, 3.63) is 0 Å². The molecule has 0 aromatic rings. The van der Waals surface area contributed by atoms with E-state index in [9.17, 15) is 0 Å². The maximum absolute atomic E-state index is 2.44. The molecule has 0 saturated carbocycles. The van der Waals surface area contributed by atoms with Crippen molar-refractivity contribution >= 4 is 0 Å². The molecule has 16 heavy (non-hydrogen) atoms. The van der Waals surface area contributed by atoms with Crippen LogP contribution < -0.4 is 0 Å². The standard InChI is InChI=1S/C14H30N2/c1-12(8-9-15(3)4)6-7-13(2)14-10-16(5)11-14/h12-14H,6-11H2,1-5H3. The van der Waals surface area contributed by atoms with Gasteiger partial charge in [-0.2, -0.15) is 0 Å². The first-order chi connectivity index (χ1) is 7.49. The number of nitrogens with zero attached hydrogens (tertiary/aromatic N) is 2. The van der Waals surface area contributed by atoms with Crippen molar-refractivity contribution in [1.82, 2.24) is 9.80 Å². The van der Waals surface area contributed by atoms with Gasteiger partial charge in [0.25, 0.3) is 0 Å². The monoisotopic (exact) mass is 226 g/mol. The van der Waals surface area contributed by atoms with E-state index in [-0.39, 0.29) is 0 Å². The van der Waals surface area contributed by atoms with Gasteiger partial charge in [0.2, 0.25) is 0 Å². The molecule has 2 nitrogen and oxygen atoms in total. The van der Waals surface area contributed by atoms with Gasteiger partial charge in [-0.25, -0.2) is 0 Å². The second-order valence-electron chi connectivity index (χ2n) is 6.23. The van der Waals surface area contributed by atoms with Gasteiger partial charge in [-0.1, -0.05) is 26.7 Å². The molecule has 0 aromatic heterocycles. The van der Waals surface area contributed by atoms with Crippen molar-refractivity contribution in [3.8, 4) is 0 Å². The third-order valence-electron chi connectivity index (χ3n) is 4.08. The fourth-order valence-corrected chi connectivity index (χ4v) is 2.51. The van der Waals surface area contributed by atoms with Gasteiger partial charge in [0, 0.05) is 13.1 Å². The first kappa shape index (κ1) is 14.0. The zero-order chi connectivity index (χ0) is 12.1. The van der Waals surface area contributed by atoms with Crippen LogP contribution >= 0.6 is 0 Å². The van der Waals surface area contributed by atoms with Crippen LogP contribution in [-0.4, -0.2) is 50.6 Å². The Balaban J connectivity index is 2.04. The third kappa shape index (κ3) is 4.84. The van der Waals surface area contributed by atoms with Crippen molar-refractivity contribution < 1.29 is 0 Å². The molecule has 2 heteroatoms. The van der Waals surface area contributed by atoms with Gasteiger partial charge in [-0.3, -0.25) is 0 Å². The first-order valence-corrected chi connectivity index (χ1v) is 6.82. The van der Waals surface area contributed by atoms with Gasteiger partial charge in [-0.15, -0.1) is 0 Å². The molecule has 1 saturated heterocycles. The Bertz CT molecular complexity index is 185. The van der Waals surface area contributed by atoms with E-state index < -0.39 is 0 Å². The Hall–Kier alpha value is -0.0800. The molecule has 0 N–H and O–H groups in total. The van der Waals surface area contributed by atoms with Crippen molar-refractivity contribution in [1.29, 1.82) is 0 Å². The highest BCUT2D eigenvalue weighted by Gasteiger charge is 2.28. The molecule has 0 amide bonds. The molecule has 0 bridgehead atoms. The fourth-order valence-electron chi connectivity index (χ4n) is 2.51. The molecule has 0 aliphatic carbocycles. The van der Waals surface area contributed by atoms with Crippen LogP contribution in [0.4, 0.5) is 0 Å². The molecule has 0 radical (unpaired) electrons. The zero-order valence-corrected chi connectivity index (χ0v) is 11.9. The van der Waals surface area contributed by atoms with Gasteiger partial charge in [0.05, 0.1) is 0 Å². The molecular formula is C14H30N2. The molecule has 0 aromatic carbocycles. The summed E-state index contributed by atoms with van der Waals surface area (Å²) in [6.45, 7) is 8.74.